The molecule has 0 aliphatic heterocycles. The van der Waals surface area contributed by atoms with Crippen molar-refractivity contribution in [3.63, 3.8) is 0 Å². The van der Waals surface area contributed by atoms with Crippen molar-refractivity contribution in [2.45, 2.75) is 33.3 Å². The van der Waals surface area contributed by atoms with Crippen LogP contribution in [0.5, 0.6) is 23.0 Å². The van der Waals surface area contributed by atoms with Gasteiger partial charge in [0.15, 0.2) is 34.6 Å². The molecule has 0 bridgehead atoms. The molecule has 9 nitrogen and oxygen atoms in total. The number of nitrogens with one attached hydrogen (secondary N) is 1. The number of ketones is 2. The monoisotopic (exact) mass is 539 g/mol. The van der Waals surface area contributed by atoms with Gasteiger partial charge in [-0.15, -0.1) is 0 Å². The molecule has 9 heteroatoms. The van der Waals surface area contributed by atoms with Gasteiger partial charge in [0.2, 0.25) is 0 Å². The van der Waals surface area contributed by atoms with Crippen LogP contribution >= 0.6 is 0 Å². The van der Waals surface area contributed by atoms with E-state index < -0.39 is 17.6 Å². The Morgan fingerprint density at radius 3 is 1.77 bits per heavy atom. The predicted molar refractivity (Wildman–Crippen MR) is 150 cm³/mol. The van der Waals surface area contributed by atoms with Crippen LogP contribution in [0.1, 0.15) is 38.8 Å². The van der Waals surface area contributed by atoms with Crippen LogP contribution in [0.4, 0.5) is 4.79 Å². The number of carbonyl (C=O) groups excluding carboxylic acids is 3. The van der Waals surface area contributed by atoms with E-state index in [4.69, 9.17) is 23.7 Å². The molecule has 0 heterocycles. The third-order valence-electron chi connectivity index (χ3n) is 5.36. The first-order valence-corrected chi connectivity index (χ1v) is 12.4. The molecule has 1 atom stereocenters. The number of carbonyl (C=O) groups is 3. The summed E-state index contributed by atoms with van der Waals surface area (Å²) < 4.78 is 26.8. The summed E-state index contributed by atoms with van der Waals surface area (Å²) in [6, 6.07) is 10.4. The molecular formula is C30H37NO8. The maximum atomic E-state index is 12.6. The zero-order valence-corrected chi connectivity index (χ0v) is 23.5. The molecule has 210 valence electrons. The normalized spacial score (nSPS) is 12.2. The first-order valence-electron chi connectivity index (χ1n) is 12.4. The first kappa shape index (κ1) is 31.0. The Balaban J connectivity index is 1.94. The molecule has 1 unspecified atom stereocenters. The SMILES string of the molecule is COc1ccc(/C=C/C(=O)C(C)C(=O)/C=C/c2ccc(OCCNC(=O)OC(C)(C)C)c(OC)c2)cc1OC. The molecular weight excluding hydrogens is 502 g/mol. The van der Waals surface area contributed by atoms with Crippen molar-refractivity contribution in [1.82, 2.24) is 5.32 Å². The van der Waals surface area contributed by atoms with Crippen LogP contribution in [0.25, 0.3) is 12.2 Å². The fourth-order valence-electron chi connectivity index (χ4n) is 3.28. The van der Waals surface area contributed by atoms with Crippen molar-refractivity contribution >= 4 is 29.8 Å². The molecule has 2 aromatic carbocycles. The van der Waals surface area contributed by atoms with Gasteiger partial charge >= 0.3 is 6.09 Å². The molecule has 0 spiro atoms. The molecule has 1 N–H and O–H groups in total. The lowest BCUT2D eigenvalue weighted by Gasteiger charge is -2.19. The number of alkyl carbamates (subject to hydrolysis) is 1. The predicted octanol–water partition coefficient (Wildman–Crippen LogP) is 5.12. The maximum Gasteiger partial charge on any atom is 0.407 e. The first-order chi connectivity index (χ1) is 18.5. The van der Waals surface area contributed by atoms with E-state index in [0.29, 0.717) is 28.6 Å². The van der Waals surface area contributed by atoms with Crippen LogP contribution in [-0.4, -0.2) is 57.7 Å². The Morgan fingerprint density at radius 2 is 1.28 bits per heavy atom. The lowest BCUT2D eigenvalue weighted by atomic mass is 9.99. The van der Waals surface area contributed by atoms with Gasteiger partial charge in [-0.3, -0.25) is 9.59 Å². The summed E-state index contributed by atoms with van der Waals surface area (Å²) in [6.45, 7) is 7.38. The number of benzene rings is 2. The molecule has 0 aliphatic carbocycles. The van der Waals surface area contributed by atoms with Gasteiger partial charge in [0, 0.05) is 0 Å². The van der Waals surface area contributed by atoms with Crippen molar-refractivity contribution in [2.75, 3.05) is 34.5 Å². The van der Waals surface area contributed by atoms with Crippen molar-refractivity contribution < 1.29 is 38.1 Å². The zero-order valence-electron chi connectivity index (χ0n) is 23.5. The Kier molecular flexibility index (Phi) is 11.6. The summed E-state index contributed by atoms with van der Waals surface area (Å²) in [4.78, 5) is 36.9. The Hall–Kier alpha value is -4.27. The van der Waals surface area contributed by atoms with Crippen LogP contribution in [0.2, 0.25) is 0 Å². The van der Waals surface area contributed by atoms with Gasteiger partial charge in [-0.25, -0.2) is 4.79 Å². The van der Waals surface area contributed by atoms with Gasteiger partial charge in [-0.2, -0.15) is 0 Å². The number of hydrogen-bond acceptors (Lipinski definition) is 8. The topological polar surface area (TPSA) is 109 Å². The fourth-order valence-corrected chi connectivity index (χ4v) is 3.28. The highest BCUT2D eigenvalue weighted by molar-refractivity contribution is 6.13. The van der Waals surface area contributed by atoms with E-state index in [-0.39, 0.29) is 24.7 Å². The van der Waals surface area contributed by atoms with Crippen LogP contribution in [0.15, 0.2) is 48.6 Å². The largest absolute Gasteiger partial charge is 0.493 e. The summed E-state index contributed by atoms with van der Waals surface area (Å²) in [5.41, 5.74) is 0.859. The summed E-state index contributed by atoms with van der Waals surface area (Å²) in [5, 5.41) is 2.62. The van der Waals surface area contributed by atoms with Crippen molar-refractivity contribution in [3.8, 4) is 23.0 Å². The van der Waals surface area contributed by atoms with E-state index in [1.807, 2.05) is 0 Å². The number of allylic oxidation sites excluding steroid dienone is 2. The molecule has 1 amide bonds. The number of methoxy groups -OCH3 is 3. The second-order valence-corrected chi connectivity index (χ2v) is 9.49. The standard InChI is InChI=1S/C30H37NO8/c1-20(23(32)12-8-21-10-14-25(35-5)27(18-21)36-6)24(33)13-9-22-11-15-26(28(19-22)37-7)38-17-16-31-29(34)39-30(2,3)4/h8-15,18-20H,16-17H2,1-7H3,(H,31,34)/b12-8+,13-9+. The number of ether oxygens (including phenoxy) is 5. The van der Waals surface area contributed by atoms with Gasteiger partial charge in [-0.05, 0) is 75.2 Å². The second kappa shape index (κ2) is 14.6. The van der Waals surface area contributed by atoms with Crippen LogP contribution in [0.3, 0.4) is 0 Å². The summed E-state index contributed by atoms with van der Waals surface area (Å²) in [7, 11) is 4.59. The van der Waals surface area contributed by atoms with Crippen LogP contribution in [0, 0.1) is 5.92 Å². The summed E-state index contributed by atoms with van der Waals surface area (Å²) in [6.07, 6.45) is 5.47. The smallest absolute Gasteiger partial charge is 0.407 e. The molecule has 0 radical (unpaired) electrons. The minimum atomic E-state index is -0.848. The Bertz CT molecular complexity index is 1210. The minimum Gasteiger partial charge on any atom is -0.493 e. The zero-order chi connectivity index (χ0) is 29.0. The van der Waals surface area contributed by atoms with E-state index >= 15 is 0 Å². The molecule has 39 heavy (non-hydrogen) atoms. The van der Waals surface area contributed by atoms with Gasteiger partial charge in [0.1, 0.15) is 12.2 Å². The highest BCUT2D eigenvalue weighted by atomic mass is 16.6. The molecule has 0 saturated carbocycles. The number of hydrogen-bond donors (Lipinski definition) is 1. The summed E-state index contributed by atoms with van der Waals surface area (Å²) in [5.74, 6) is 0.578. The van der Waals surface area contributed by atoms with Crippen molar-refractivity contribution in [2.24, 2.45) is 5.92 Å². The van der Waals surface area contributed by atoms with E-state index in [1.165, 1.54) is 26.4 Å². The van der Waals surface area contributed by atoms with Gasteiger partial charge in [0.25, 0.3) is 0 Å². The third-order valence-corrected chi connectivity index (χ3v) is 5.36. The second-order valence-electron chi connectivity index (χ2n) is 9.49. The van der Waals surface area contributed by atoms with E-state index in [2.05, 4.69) is 5.32 Å². The van der Waals surface area contributed by atoms with Crippen LogP contribution in [-0.2, 0) is 14.3 Å². The van der Waals surface area contributed by atoms with E-state index in [1.54, 1.807) is 83.4 Å². The lowest BCUT2D eigenvalue weighted by Crippen LogP contribution is -2.34. The number of amides is 1. The number of rotatable bonds is 13. The molecule has 0 aliphatic rings. The molecule has 2 aromatic rings. The highest BCUT2D eigenvalue weighted by Gasteiger charge is 2.17. The summed E-state index contributed by atoms with van der Waals surface area (Å²) >= 11 is 0. The quantitative estimate of drug-likeness (QED) is 0.212. The maximum absolute atomic E-state index is 12.6. The van der Waals surface area contributed by atoms with Gasteiger partial charge in [0.05, 0.1) is 33.8 Å². The molecule has 0 aromatic heterocycles. The molecule has 0 saturated heterocycles. The molecule has 2 rings (SSSR count). The van der Waals surface area contributed by atoms with Crippen LogP contribution < -0.4 is 24.3 Å². The van der Waals surface area contributed by atoms with E-state index in [9.17, 15) is 14.4 Å². The molecule has 0 fully saturated rings. The Morgan fingerprint density at radius 1 is 0.795 bits per heavy atom. The van der Waals surface area contributed by atoms with E-state index in [0.717, 1.165) is 5.56 Å². The van der Waals surface area contributed by atoms with Gasteiger partial charge < -0.3 is 29.0 Å². The highest BCUT2D eigenvalue weighted by Crippen LogP contribution is 2.29. The van der Waals surface area contributed by atoms with Crippen molar-refractivity contribution in [1.29, 1.82) is 0 Å². The average Bonchev–Trinajstić information content (AvgIpc) is 2.91. The lowest BCUT2D eigenvalue weighted by molar-refractivity contribution is -0.126. The minimum absolute atomic E-state index is 0.208. The van der Waals surface area contributed by atoms with Crippen molar-refractivity contribution in [3.05, 3.63) is 59.7 Å². The average molecular weight is 540 g/mol. The Labute approximate surface area is 229 Å². The van der Waals surface area contributed by atoms with Gasteiger partial charge in [-0.1, -0.05) is 24.3 Å². The third kappa shape index (κ3) is 10.2. The fraction of sp³-hybridized carbons (Fsp3) is 0.367.